The Morgan fingerprint density at radius 2 is 1.82 bits per heavy atom. The summed E-state index contributed by atoms with van der Waals surface area (Å²) in [6, 6.07) is 9.21. The zero-order chi connectivity index (χ0) is 19.7. The number of nitrogens with zero attached hydrogens (tertiary/aromatic N) is 5. The standard InChI is InChI=1S/C20H24ClN5S2/c1-20(2,3)14-10-8-13(9-11-14)18-23-24-19(26(18)15-6-4-5-7-15)27-12-16-17(21)28-25-22-16/h8-11,15H,4-7,12H2,1-3H3. The molecule has 3 aromatic rings. The molecule has 2 aromatic heterocycles. The van der Waals surface area contributed by atoms with E-state index < -0.39 is 0 Å². The minimum Gasteiger partial charge on any atom is -0.299 e. The van der Waals surface area contributed by atoms with Crippen LogP contribution < -0.4 is 0 Å². The SMILES string of the molecule is CC(C)(C)c1ccc(-c2nnc(SCc3nnsc3Cl)n2C2CCCC2)cc1. The van der Waals surface area contributed by atoms with E-state index in [1.807, 2.05) is 0 Å². The molecule has 0 atom stereocenters. The van der Waals surface area contributed by atoms with Gasteiger partial charge in [0.25, 0.3) is 0 Å². The van der Waals surface area contributed by atoms with Gasteiger partial charge in [0.1, 0.15) is 10.0 Å². The van der Waals surface area contributed by atoms with Gasteiger partial charge in [-0.1, -0.05) is 85.7 Å². The van der Waals surface area contributed by atoms with Crippen LogP contribution >= 0.6 is 34.9 Å². The van der Waals surface area contributed by atoms with Gasteiger partial charge in [-0.3, -0.25) is 4.57 Å². The third-order valence-corrected chi connectivity index (χ3v) is 7.15. The van der Waals surface area contributed by atoms with Crippen LogP contribution in [0.5, 0.6) is 0 Å². The molecule has 0 N–H and O–H groups in total. The maximum Gasteiger partial charge on any atom is 0.192 e. The second kappa shape index (κ2) is 8.13. The molecule has 0 saturated heterocycles. The van der Waals surface area contributed by atoms with Gasteiger partial charge in [-0.25, -0.2) is 0 Å². The van der Waals surface area contributed by atoms with Crippen molar-refractivity contribution < 1.29 is 0 Å². The number of thioether (sulfide) groups is 1. The minimum atomic E-state index is 0.138. The lowest BCUT2D eigenvalue weighted by molar-refractivity contribution is 0.485. The number of hydrogen-bond acceptors (Lipinski definition) is 6. The Morgan fingerprint density at radius 3 is 2.43 bits per heavy atom. The monoisotopic (exact) mass is 433 g/mol. The van der Waals surface area contributed by atoms with Gasteiger partial charge >= 0.3 is 0 Å². The summed E-state index contributed by atoms with van der Waals surface area (Å²) in [5.74, 6) is 1.61. The van der Waals surface area contributed by atoms with Gasteiger partial charge in [0.05, 0.1) is 0 Å². The zero-order valence-corrected chi connectivity index (χ0v) is 18.7. The third-order valence-electron chi connectivity index (χ3n) is 5.21. The Kier molecular flexibility index (Phi) is 5.76. The van der Waals surface area contributed by atoms with Crippen molar-refractivity contribution in [1.82, 2.24) is 24.4 Å². The van der Waals surface area contributed by atoms with Gasteiger partial charge in [-0.2, -0.15) is 0 Å². The summed E-state index contributed by atoms with van der Waals surface area (Å²) < 4.78 is 6.90. The summed E-state index contributed by atoms with van der Waals surface area (Å²) in [7, 11) is 0. The highest BCUT2D eigenvalue weighted by atomic mass is 35.5. The van der Waals surface area contributed by atoms with Crippen molar-refractivity contribution in [3.63, 3.8) is 0 Å². The second-order valence-electron chi connectivity index (χ2n) is 8.22. The van der Waals surface area contributed by atoms with Crippen molar-refractivity contribution in [1.29, 1.82) is 0 Å². The predicted molar refractivity (Wildman–Crippen MR) is 116 cm³/mol. The molecule has 1 fully saturated rings. The molecule has 0 bridgehead atoms. The molecule has 2 heterocycles. The average Bonchev–Trinajstić information content (AvgIpc) is 3.40. The first-order valence-electron chi connectivity index (χ1n) is 9.59. The molecule has 0 spiro atoms. The lowest BCUT2D eigenvalue weighted by Crippen LogP contribution is -2.11. The number of aromatic nitrogens is 5. The zero-order valence-electron chi connectivity index (χ0n) is 16.4. The minimum absolute atomic E-state index is 0.138. The van der Waals surface area contributed by atoms with Crippen molar-refractivity contribution in [3.05, 3.63) is 39.9 Å². The lowest BCUT2D eigenvalue weighted by Gasteiger charge is -2.20. The highest BCUT2D eigenvalue weighted by Crippen LogP contribution is 2.38. The van der Waals surface area contributed by atoms with Gasteiger partial charge < -0.3 is 0 Å². The maximum absolute atomic E-state index is 6.16. The molecule has 4 rings (SSSR count). The molecule has 1 aliphatic rings. The van der Waals surface area contributed by atoms with Crippen molar-refractivity contribution in [3.8, 4) is 11.4 Å². The third kappa shape index (κ3) is 4.11. The van der Waals surface area contributed by atoms with Crippen LogP contribution in [0.2, 0.25) is 4.34 Å². The highest BCUT2D eigenvalue weighted by molar-refractivity contribution is 7.98. The van der Waals surface area contributed by atoms with Crippen molar-refractivity contribution in [2.75, 3.05) is 0 Å². The fourth-order valence-electron chi connectivity index (χ4n) is 3.60. The Labute approximate surface area is 179 Å². The van der Waals surface area contributed by atoms with E-state index in [9.17, 15) is 0 Å². The summed E-state index contributed by atoms with van der Waals surface area (Å²) in [5, 5.41) is 14.1. The predicted octanol–water partition coefficient (Wildman–Crippen LogP) is 6.15. The molecule has 148 valence electrons. The van der Waals surface area contributed by atoms with Crippen LogP contribution in [0.25, 0.3) is 11.4 Å². The molecular formula is C20H24ClN5S2. The molecule has 0 amide bonds. The quantitative estimate of drug-likeness (QED) is 0.451. The van der Waals surface area contributed by atoms with Gasteiger partial charge in [-0.15, -0.1) is 15.3 Å². The number of rotatable bonds is 5. The fraction of sp³-hybridized carbons (Fsp3) is 0.500. The Morgan fingerprint density at radius 1 is 1.11 bits per heavy atom. The molecule has 1 aliphatic carbocycles. The van der Waals surface area contributed by atoms with E-state index in [-0.39, 0.29) is 5.41 Å². The van der Waals surface area contributed by atoms with E-state index in [4.69, 9.17) is 11.6 Å². The number of halogens is 1. The molecule has 0 unspecified atom stereocenters. The summed E-state index contributed by atoms with van der Waals surface area (Å²) >= 11 is 9.02. The van der Waals surface area contributed by atoms with Gasteiger partial charge in [-0.05, 0) is 23.8 Å². The van der Waals surface area contributed by atoms with Crippen LogP contribution in [0.15, 0.2) is 29.4 Å². The highest BCUT2D eigenvalue weighted by Gasteiger charge is 2.25. The van der Waals surface area contributed by atoms with Crippen molar-refractivity contribution in [2.45, 2.75) is 68.8 Å². The molecule has 0 radical (unpaired) electrons. The second-order valence-corrected chi connectivity index (χ2v) is 10.5. The van der Waals surface area contributed by atoms with E-state index >= 15 is 0 Å². The van der Waals surface area contributed by atoms with E-state index in [2.05, 4.69) is 69.4 Å². The summed E-state index contributed by atoms with van der Waals surface area (Å²) in [5.41, 5.74) is 3.39. The number of benzene rings is 1. The van der Waals surface area contributed by atoms with E-state index in [0.29, 0.717) is 16.1 Å². The largest absolute Gasteiger partial charge is 0.299 e. The first kappa shape index (κ1) is 19.9. The topological polar surface area (TPSA) is 56.5 Å². The molecule has 0 aliphatic heterocycles. The van der Waals surface area contributed by atoms with Crippen LogP contribution in [-0.2, 0) is 11.2 Å². The number of hydrogen-bond donors (Lipinski definition) is 0. The van der Waals surface area contributed by atoms with Crippen LogP contribution in [0.4, 0.5) is 0 Å². The molecule has 1 saturated carbocycles. The molecular weight excluding hydrogens is 410 g/mol. The Hall–Kier alpha value is -1.44. The smallest absolute Gasteiger partial charge is 0.192 e. The van der Waals surface area contributed by atoms with E-state index in [0.717, 1.165) is 22.2 Å². The molecule has 28 heavy (non-hydrogen) atoms. The summed E-state index contributed by atoms with van der Waals surface area (Å²) in [6.07, 6.45) is 4.88. The molecule has 8 heteroatoms. The first-order valence-corrected chi connectivity index (χ1v) is 11.7. The summed E-state index contributed by atoms with van der Waals surface area (Å²) in [4.78, 5) is 0. The van der Waals surface area contributed by atoms with Crippen LogP contribution in [-0.4, -0.2) is 24.4 Å². The van der Waals surface area contributed by atoms with Gasteiger partial charge in [0.15, 0.2) is 11.0 Å². The Bertz CT molecular complexity index is 936. The Balaban J connectivity index is 1.65. The van der Waals surface area contributed by atoms with Crippen LogP contribution in [0, 0.1) is 0 Å². The van der Waals surface area contributed by atoms with Crippen LogP contribution in [0.3, 0.4) is 0 Å². The van der Waals surface area contributed by atoms with Gasteiger partial charge in [0, 0.05) is 28.9 Å². The van der Waals surface area contributed by atoms with Crippen molar-refractivity contribution in [2.24, 2.45) is 0 Å². The average molecular weight is 434 g/mol. The summed E-state index contributed by atoms with van der Waals surface area (Å²) in [6.45, 7) is 6.70. The maximum atomic E-state index is 6.16. The fourth-order valence-corrected chi connectivity index (χ4v) is 5.34. The van der Waals surface area contributed by atoms with E-state index in [1.54, 1.807) is 11.8 Å². The molecule has 5 nitrogen and oxygen atoms in total. The van der Waals surface area contributed by atoms with E-state index in [1.165, 1.54) is 42.8 Å². The van der Waals surface area contributed by atoms with Crippen LogP contribution in [0.1, 0.15) is 63.8 Å². The first-order chi connectivity index (χ1) is 13.4. The van der Waals surface area contributed by atoms with Gasteiger partial charge in [0.2, 0.25) is 0 Å². The molecule has 1 aromatic carbocycles. The van der Waals surface area contributed by atoms with Crippen molar-refractivity contribution >= 4 is 34.9 Å². The lowest BCUT2D eigenvalue weighted by atomic mass is 9.86. The normalized spacial score (nSPS) is 15.4.